The number of halogens is 1. The van der Waals surface area contributed by atoms with E-state index in [2.05, 4.69) is 9.97 Å². The Kier molecular flexibility index (Phi) is 4.20. The van der Waals surface area contributed by atoms with Gasteiger partial charge in [-0.25, -0.2) is 9.97 Å². The van der Waals surface area contributed by atoms with Crippen molar-refractivity contribution in [2.24, 2.45) is 0 Å². The predicted octanol–water partition coefficient (Wildman–Crippen LogP) is 3.03. The molecule has 1 aromatic heterocycles. The second kappa shape index (κ2) is 5.87. The van der Waals surface area contributed by atoms with Crippen molar-refractivity contribution in [3.8, 4) is 11.5 Å². The third-order valence-corrected chi connectivity index (χ3v) is 2.42. The van der Waals surface area contributed by atoms with Gasteiger partial charge in [-0.05, 0) is 13.8 Å². The zero-order chi connectivity index (χ0) is 13.0. The molecule has 0 saturated heterocycles. The van der Waals surface area contributed by atoms with Gasteiger partial charge in [-0.2, -0.15) is 0 Å². The first kappa shape index (κ1) is 12.9. The van der Waals surface area contributed by atoms with Crippen molar-refractivity contribution in [3.05, 3.63) is 24.7 Å². The molecule has 4 nitrogen and oxygen atoms in total. The van der Waals surface area contributed by atoms with E-state index in [0.717, 1.165) is 16.7 Å². The first-order chi connectivity index (χ1) is 8.70. The summed E-state index contributed by atoms with van der Waals surface area (Å²) in [5.41, 5.74) is 0.799. The average Bonchev–Trinajstić information content (AvgIpc) is 2.35. The van der Waals surface area contributed by atoms with E-state index in [-0.39, 0.29) is 6.10 Å². The van der Waals surface area contributed by atoms with Crippen LogP contribution in [-0.2, 0) is 0 Å². The molecular formula is C13H15ClN2O2. The predicted molar refractivity (Wildman–Crippen MR) is 71.5 cm³/mol. The second-order valence-corrected chi connectivity index (χ2v) is 4.46. The Bertz CT molecular complexity index is 531. The highest BCUT2D eigenvalue weighted by molar-refractivity contribution is 6.18. The van der Waals surface area contributed by atoms with Gasteiger partial charge in [0, 0.05) is 18.3 Å². The van der Waals surface area contributed by atoms with Gasteiger partial charge >= 0.3 is 0 Å². The molecular weight excluding hydrogens is 252 g/mol. The molecule has 96 valence electrons. The molecule has 0 unspecified atom stereocenters. The molecule has 0 amide bonds. The number of hydrogen-bond donors (Lipinski definition) is 0. The smallest absolute Gasteiger partial charge is 0.134 e. The maximum atomic E-state index is 5.76. The molecule has 1 aromatic carbocycles. The minimum atomic E-state index is 0.0803. The maximum Gasteiger partial charge on any atom is 0.134 e. The molecule has 0 aliphatic heterocycles. The van der Waals surface area contributed by atoms with Crippen molar-refractivity contribution in [1.29, 1.82) is 0 Å². The van der Waals surface area contributed by atoms with E-state index in [4.69, 9.17) is 21.1 Å². The fourth-order valence-corrected chi connectivity index (χ4v) is 1.70. The molecule has 0 saturated carbocycles. The van der Waals surface area contributed by atoms with Crippen LogP contribution in [0.25, 0.3) is 10.9 Å². The van der Waals surface area contributed by atoms with Crippen molar-refractivity contribution < 1.29 is 9.47 Å². The summed E-state index contributed by atoms with van der Waals surface area (Å²) >= 11 is 5.61. The molecule has 5 heteroatoms. The lowest BCUT2D eigenvalue weighted by atomic mass is 10.2. The molecule has 0 fully saturated rings. The van der Waals surface area contributed by atoms with E-state index >= 15 is 0 Å². The van der Waals surface area contributed by atoms with Gasteiger partial charge in [-0.1, -0.05) is 0 Å². The Morgan fingerprint density at radius 3 is 2.89 bits per heavy atom. The molecule has 0 N–H and O–H groups in total. The van der Waals surface area contributed by atoms with Crippen LogP contribution in [0.2, 0.25) is 0 Å². The highest BCUT2D eigenvalue weighted by Gasteiger charge is 2.08. The van der Waals surface area contributed by atoms with Crippen LogP contribution >= 0.6 is 11.6 Å². The average molecular weight is 267 g/mol. The van der Waals surface area contributed by atoms with E-state index in [9.17, 15) is 0 Å². The summed E-state index contributed by atoms with van der Waals surface area (Å²) < 4.78 is 11.3. The van der Waals surface area contributed by atoms with Crippen molar-refractivity contribution >= 4 is 22.5 Å². The summed E-state index contributed by atoms with van der Waals surface area (Å²) in [6.45, 7) is 4.41. The van der Waals surface area contributed by atoms with Gasteiger partial charge in [0.05, 0.1) is 22.9 Å². The fraction of sp³-hybridized carbons (Fsp3) is 0.385. The fourth-order valence-electron chi connectivity index (χ4n) is 1.62. The minimum absolute atomic E-state index is 0.0803. The van der Waals surface area contributed by atoms with Crippen LogP contribution in [0, 0.1) is 0 Å². The van der Waals surface area contributed by atoms with Crippen LogP contribution < -0.4 is 9.47 Å². The molecule has 18 heavy (non-hydrogen) atoms. The zero-order valence-electron chi connectivity index (χ0n) is 10.4. The molecule has 0 radical (unpaired) electrons. The van der Waals surface area contributed by atoms with Gasteiger partial charge < -0.3 is 9.47 Å². The molecule has 0 bridgehead atoms. The summed E-state index contributed by atoms with van der Waals surface area (Å²) in [4.78, 5) is 8.23. The van der Waals surface area contributed by atoms with Gasteiger partial charge in [-0.15, -0.1) is 11.6 Å². The molecule has 0 aliphatic carbocycles. The van der Waals surface area contributed by atoms with E-state index in [0.29, 0.717) is 18.2 Å². The highest BCUT2D eigenvalue weighted by Crippen LogP contribution is 2.30. The lowest BCUT2D eigenvalue weighted by Gasteiger charge is -2.13. The number of ether oxygens (including phenoxy) is 2. The number of hydrogen-bond acceptors (Lipinski definition) is 4. The quantitative estimate of drug-likeness (QED) is 0.781. The Morgan fingerprint density at radius 1 is 1.33 bits per heavy atom. The Hall–Kier alpha value is -1.55. The highest BCUT2D eigenvalue weighted by atomic mass is 35.5. The van der Waals surface area contributed by atoms with E-state index in [1.54, 1.807) is 6.20 Å². The number of rotatable bonds is 5. The monoisotopic (exact) mass is 266 g/mol. The number of nitrogens with zero attached hydrogens (tertiary/aromatic N) is 2. The Balaban J connectivity index is 2.43. The van der Waals surface area contributed by atoms with Crippen molar-refractivity contribution in [2.45, 2.75) is 20.0 Å². The van der Waals surface area contributed by atoms with Gasteiger partial charge in [0.25, 0.3) is 0 Å². The minimum Gasteiger partial charge on any atom is -0.492 e. The van der Waals surface area contributed by atoms with Gasteiger partial charge in [0.1, 0.15) is 24.4 Å². The standard InChI is InChI=1S/C13H15ClN2O2/c1-9(2)18-13-6-10(17-4-3-14)5-12-11(13)7-15-8-16-12/h5-9H,3-4H2,1-2H3. The summed E-state index contributed by atoms with van der Waals surface area (Å²) in [7, 11) is 0. The van der Waals surface area contributed by atoms with E-state index in [1.807, 2.05) is 26.0 Å². The lowest BCUT2D eigenvalue weighted by molar-refractivity contribution is 0.243. The van der Waals surface area contributed by atoms with Crippen LogP contribution in [0.15, 0.2) is 24.7 Å². The van der Waals surface area contributed by atoms with Crippen LogP contribution in [0.5, 0.6) is 11.5 Å². The topological polar surface area (TPSA) is 44.2 Å². The molecule has 1 heterocycles. The first-order valence-corrected chi connectivity index (χ1v) is 6.33. The number of fused-ring (bicyclic) bond motifs is 1. The van der Waals surface area contributed by atoms with Crippen LogP contribution in [-0.4, -0.2) is 28.6 Å². The van der Waals surface area contributed by atoms with Crippen molar-refractivity contribution in [3.63, 3.8) is 0 Å². The molecule has 0 spiro atoms. The Labute approximate surface area is 111 Å². The number of aromatic nitrogens is 2. The second-order valence-electron chi connectivity index (χ2n) is 4.08. The van der Waals surface area contributed by atoms with Gasteiger partial charge in [0.2, 0.25) is 0 Å². The van der Waals surface area contributed by atoms with E-state index < -0.39 is 0 Å². The third-order valence-electron chi connectivity index (χ3n) is 2.27. The van der Waals surface area contributed by atoms with Crippen LogP contribution in [0.4, 0.5) is 0 Å². The van der Waals surface area contributed by atoms with Crippen LogP contribution in [0.1, 0.15) is 13.8 Å². The van der Waals surface area contributed by atoms with Crippen LogP contribution in [0.3, 0.4) is 0 Å². The summed E-state index contributed by atoms with van der Waals surface area (Å²) in [6.07, 6.45) is 3.33. The number of benzene rings is 1. The molecule has 2 rings (SSSR count). The van der Waals surface area contributed by atoms with Crippen molar-refractivity contribution in [1.82, 2.24) is 9.97 Å². The normalized spacial score (nSPS) is 10.9. The Morgan fingerprint density at radius 2 is 2.17 bits per heavy atom. The maximum absolute atomic E-state index is 5.76. The van der Waals surface area contributed by atoms with Crippen molar-refractivity contribution in [2.75, 3.05) is 12.5 Å². The summed E-state index contributed by atoms with van der Waals surface area (Å²) in [5, 5.41) is 0.879. The largest absolute Gasteiger partial charge is 0.492 e. The molecule has 0 aliphatic rings. The zero-order valence-corrected chi connectivity index (χ0v) is 11.1. The summed E-state index contributed by atoms with van der Waals surface area (Å²) in [5.74, 6) is 1.88. The number of alkyl halides is 1. The SMILES string of the molecule is CC(C)Oc1cc(OCCCl)cc2ncncc12. The molecule has 2 aromatic rings. The first-order valence-electron chi connectivity index (χ1n) is 5.80. The van der Waals surface area contributed by atoms with Gasteiger partial charge in [-0.3, -0.25) is 0 Å². The van der Waals surface area contributed by atoms with E-state index in [1.165, 1.54) is 6.33 Å². The molecule has 0 atom stereocenters. The van der Waals surface area contributed by atoms with Gasteiger partial charge in [0.15, 0.2) is 0 Å². The third kappa shape index (κ3) is 3.01. The lowest BCUT2D eigenvalue weighted by Crippen LogP contribution is -2.07. The summed E-state index contributed by atoms with van der Waals surface area (Å²) in [6, 6.07) is 3.70.